The molecular formula is C18H22N2O5S. The third kappa shape index (κ3) is 3.02. The van der Waals surface area contributed by atoms with Crippen LogP contribution in [0.25, 0.3) is 0 Å². The van der Waals surface area contributed by atoms with E-state index in [-0.39, 0.29) is 11.3 Å². The third-order valence-corrected chi connectivity index (χ3v) is 6.20. The van der Waals surface area contributed by atoms with Gasteiger partial charge in [-0.2, -0.15) is 0 Å². The van der Waals surface area contributed by atoms with E-state index in [9.17, 15) is 19.5 Å². The summed E-state index contributed by atoms with van der Waals surface area (Å²) in [5, 5.41) is 11.8. The van der Waals surface area contributed by atoms with Crippen molar-refractivity contribution in [2.45, 2.75) is 55.5 Å². The minimum absolute atomic E-state index is 0.371. The number of carbonyl (C=O) groups excluding carboxylic acids is 2. The lowest BCUT2D eigenvalue weighted by molar-refractivity contribution is -0.162. The van der Waals surface area contributed by atoms with E-state index in [1.807, 2.05) is 6.07 Å². The number of carboxylic acid groups (broad SMARTS) is 1. The summed E-state index contributed by atoms with van der Waals surface area (Å²) >= 11 is 1.39. The van der Waals surface area contributed by atoms with Crippen LogP contribution < -0.4 is 10.1 Å². The molecule has 2 saturated heterocycles. The van der Waals surface area contributed by atoms with Gasteiger partial charge in [-0.3, -0.25) is 9.59 Å². The zero-order chi connectivity index (χ0) is 19.3. The minimum atomic E-state index is -1.17. The van der Waals surface area contributed by atoms with Gasteiger partial charge in [-0.05, 0) is 39.8 Å². The number of benzene rings is 1. The van der Waals surface area contributed by atoms with Crippen molar-refractivity contribution in [3.63, 3.8) is 0 Å². The second-order valence-electron chi connectivity index (χ2n) is 7.47. The fourth-order valence-corrected chi connectivity index (χ4v) is 4.92. The molecule has 2 fully saturated rings. The SMILES string of the molecule is CC(C)(Oc1ccccc1)C(=O)N[C@@H]1C(=O)N2C(C(=O)O)C(C)(C)S[C@H]12. The van der Waals surface area contributed by atoms with Crippen LogP contribution in [-0.4, -0.2) is 55.6 Å². The Morgan fingerprint density at radius 1 is 1.27 bits per heavy atom. The highest BCUT2D eigenvalue weighted by molar-refractivity contribution is 8.01. The van der Waals surface area contributed by atoms with Gasteiger partial charge in [0.25, 0.3) is 5.91 Å². The number of fused-ring (bicyclic) bond motifs is 1. The fraction of sp³-hybridized carbons (Fsp3) is 0.500. The predicted molar refractivity (Wildman–Crippen MR) is 96.8 cm³/mol. The predicted octanol–water partition coefficient (Wildman–Crippen LogP) is 1.48. The van der Waals surface area contributed by atoms with Crippen LogP contribution >= 0.6 is 11.8 Å². The summed E-state index contributed by atoms with van der Waals surface area (Å²) in [6, 6.07) is 7.32. The van der Waals surface area contributed by atoms with Gasteiger partial charge in [0.15, 0.2) is 5.60 Å². The number of hydrogen-bond donors (Lipinski definition) is 2. The molecule has 3 rings (SSSR count). The van der Waals surface area contributed by atoms with Gasteiger partial charge in [-0.15, -0.1) is 11.8 Å². The summed E-state index contributed by atoms with van der Waals surface area (Å²) in [5.74, 6) is -1.27. The van der Waals surface area contributed by atoms with Gasteiger partial charge in [0.2, 0.25) is 5.91 Å². The molecule has 2 aliphatic rings. The average Bonchev–Trinajstić information content (AvgIpc) is 2.81. The first kappa shape index (κ1) is 18.6. The maximum atomic E-state index is 12.7. The van der Waals surface area contributed by atoms with Crippen molar-refractivity contribution in [2.75, 3.05) is 0 Å². The van der Waals surface area contributed by atoms with Crippen molar-refractivity contribution < 1.29 is 24.2 Å². The van der Waals surface area contributed by atoms with Crippen LogP contribution in [0.2, 0.25) is 0 Å². The number of aliphatic carboxylic acids is 1. The van der Waals surface area contributed by atoms with Crippen molar-refractivity contribution in [2.24, 2.45) is 0 Å². The molecule has 1 aromatic rings. The monoisotopic (exact) mass is 378 g/mol. The summed E-state index contributed by atoms with van der Waals surface area (Å²) in [6.45, 7) is 6.84. The first-order chi connectivity index (χ1) is 12.0. The highest BCUT2D eigenvalue weighted by Gasteiger charge is 2.64. The van der Waals surface area contributed by atoms with Crippen LogP contribution in [0.5, 0.6) is 5.75 Å². The maximum Gasteiger partial charge on any atom is 0.327 e. The van der Waals surface area contributed by atoms with Crippen molar-refractivity contribution in [1.29, 1.82) is 0 Å². The van der Waals surface area contributed by atoms with Gasteiger partial charge >= 0.3 is 5.97 Å². The number of nitrogens with one attached hydrogen (secondary N) is 1. The molecule has 0 saturated carbocycles. The number of β-lactam (4-membered cyclic amide) rings is 1. The van der Waals surface area contributed by atoms with E-state index in [0.29, 0.717) is 5.75 Å². The van der Waals surface area contributed by atoms with Crippen molar-refractivity contribution in [3.8, 4) is 5.75 Å². The molecule has 8 heteroatoms. The third-order valence-electron chi connectivity index (χ3n) is 4.62. The lowest BCUT2D eigenvalue weighted by Gasteiger charge is -2.44. The highest BCUT2D eigenvalue weighted by atomic mass is 32.2. The molecule has 0 aromatic heterocycles. The lowest BCUT2D eigenvalue weighted by atomic mass is 9.95. The Bertz CT molecular complexity index is 749. The van der Waals surface area contributed by atoms with Crippen LogP contribution in [0, 0.1) is 0 Å². The van der Waals surface area contributed by atoms with Crippen molar-refractivity contribution >= 4 is 29.5 Å². The Morgan fingerprint density at radius 3 is 2.46 bits per heavy atom. The van der Waals surface area contributed by atoms with E-state index in [1.54, 1.807) is 52.0 Å². The van der Waals surface area contributed by atoms with Crippen LogP contribution in [0.4, 0.5) is 0 Å². The van der Waals surface area contributed by atoms with Gasteiger partial charge < -0.3 is 20.1 Å². The zero-order valence-corrected chi connectivity index (χ0v) is 15.9. The number of rotatable bonds is 5. The molecule has 0 spiro atoms. The van der Waals surface area contributed by atoms with E-state index in [1.165, 1.54) is 16.7 Å². The number of carbonyl (C=O) groups is 3. The van der Waals surface area contributed by atoms with Crippen LogP contribution in [-0.2, 0) is 14.4 Å². The van der Waals surface area contributed by atoms with Gasteiger partial charge in [0, 0.05) is 4.75 Å². The molecule has 3 atom stereocenters. The number of ether oxygens (including phenoxy) is 1. The molecule has 2 amide bonds. The Labute approximate surface area is 156 Å². The minimum Gasteiger partial charge on any atom is -0.480 e. The van der Waals surface area contributed by atoms with E-state index in [4.69, 9.17) is 4.74 Å². The number of carboxylic acids is 1. The molecule has 140 valence electrons. The van der Waals surface area contributed by atoms with E-state index >= 15 is 0 Å². The largest absolute Gasteiger partial charge is 0.480 e. The molecule has 1 aromatic carbocycles. The Hall–Kier alpha value is -2.22. The number of thioether (sulfide) groups is 1. The zero-order valence-electron chi connectivity index (χ0n) is 15.1. The van der Waals surface area contributed by atoms with E-state index in [0.717, 1.165) is 0 Å². The Kier molecular flexibility index (Phi) is 4.42. The summed E-state index contributed by atoms with van der Waals surface area (Å²) < 4.78 is 5.12. The normalized spacial score (nSPS) is 26.7. The standard InChI is InChI=1S/C18H22N2O5S/c1-17(2,25-10-8-6-5-7-9-10)16(24)19-11-13(21)20-12(15(22)23)18(3,4)26-14(11)20/h5-9,11-12,14H,1-4H3,(H,19,24)(H,22,23)/t11-,12?,14-/m1/s1. The number of para-hydroxylation sites is 1. The molecule has 26 heavy (non-hydrogen) atoms. The van der Waals surface area contributed by atoms with Gasteiger partial charge in [0.05, 0.1) is 0 Å². The van der Waals surface area contributed by atoms with Crippen LogP contribution in [0.15, 0.2) is 30.3 Å². The maximum absolute atomic E-state index is 12.7. The molecule has 7 nitrogen and oxygen atoms in total. The lowest BCUT2D eigenvalue weighted by Crippen LogP contribution is -2.72. The molecule has 0 bridgehead atoms. The van der Waals surface area contributed by atoms with Crippen LogP contribution in [0.3, 0.4) is 0 Å². The van der Waals surface area contributed by atoms with Crippen molar-refractivity contribution in [3.05, 3.63) is 30.3 Å². The molecule has 0 aliphatic carbocycles. The first-order valence-corrected chi connectivity index (χ1v) is 9.20. The summed E-state index contributed by atoms with van der Waals surface area (Å²) in [5.41, 5.74) is -1.17. The average molecular weight is 378 g/mol. The Morgan fingerprint density at radius 2 is 1.88 bits per heavy atom. The van der Waals surface area contributed by atoms with Gasteiger partial charge in [-0.25, -0.2) is 4.79 Å². The molecule has 0 radical (unpaired) electrons. The Balaban J connectivity index is 1.69. The number of hydrogen-bond acceptors (Lipinski definition) is 5. The van der Waals surface area contributed by atoms with Crippen molar-refractivity contribution in [1.82, 2.24) is 10.2 Å². The number of nitrogens with zero attached hydrogens (tertiary/aromatic N) is 1. The molecule has 2 N–H and O–H groups in total. The number of amides is 2. The molecule has 2 aliphatic heterocycles. The van der Waals surface area contributed by atoms with Gasteiger partial charge in [-0.1, -0.05) is 18.2 Å². The summed E-state index contributed by atoms with van der Waals surface area (Å²) in [4.78, 5) is 38.0. The summed E-state index contributed by atoms with van der Waals surface area (Å²) in [6.07, 6.45) is 0. The topological polar surface area (TPSA) is 95.9 Å². The quantitative estimate of drug-likeness (QED) is 0.754. The van der Waals surface area contributed by atoms with Gasteiger partial charge in [0.1, 0.15) is 23.2 Å². The second kappa shape index (κ2) is 6.19. The molecule has 2 heterocycles. The van der Waals surface area contributed by atoms with E-state index < -0.39 is 34.3 Å². The highest BCUT2D eigenvalue weighted by Crippen LogP contribution is 2.50. The summed E-state index contributed by atoms with van der Waals surface area (Å²) in [7, 11) is 0. The first-order valence-electron chi connectivity index (χ1n) is 8.32. The fourth-order valence-electron chi connectivity index (χ4n) is 3.29. The molecule has 1 unspecified atom stereocenters. The van der Waals surface area contributed by atoms with Crippen LogP contribution in [0.1, 0.15) is 27.7 Å². The smallest absolute Gasteiger partial charge is 0.327 e. The second-order valence-corrected chi connectivity index (χ2v) is 9.25. The van der Waals surface area contributed by atoms with E-state index in [2.05, 4.69) is 5.32 Å². The molecular weight excluding hydrogens is 356 g/mol.